The first kappa shape index (κ1) is 13.5. The lowest BCUT2D eigenvalue weighted by molar-refractivity contribution is 0.457. The molecule has 1 aromatic heterocycles. The zero-order valence-corrected chi connectivity index (χ0v) is 12.7. The van der Waals surface area contributed by atoms with Crippen molar-refractivity contribution in [3.05, 3.63) is 66.7 Å². The lowest BCUT2D eigenvalue weighted by atomic mass is 10.0. The Hall–Kier alpha value is -2.98. The molecular weight excluding hydrogens is 299 g/mol. The number of hydrogen-bond donors (Lipinski definition) is 1. The average Bonchev–Trinajstić information content (AvgIpc) is 2.98. The highest BCUT2D eigenvalue weighted by Gasteiger charge is 2.15. The lowest BCUT2D eigenvalue weighted by Crippen LogP contribution is -2.00. The predicted molar refractivity (Wildman–Crippen MR) is 97.3 cm³/mol. The second kappa shape index (κ2) is 5.01. The van der Waals surface area contributed by atoms with Gasteiger partial charge in [-0.1, -0.05) is 48.5 Å². The van der Waals surface area contributed by atoms with Gasteiger partial charge < -0.3 is 14.1 Å². The molecule has 0 spiro atoms. The average molecular weight is 311 g/mol. The van der Waals surface area contributed by atoms with Crippen molar-refractivity contribution in [2.45, 2.75) is 0 Å². The summed E-state index contributed by atoms with van der Waals surface area (Å²) < 4.78 is 11.5. The van der Waals surface area contributed by atoms with E-state index in [9.17, 15) is 0 Å². The first-order valence-corrected chi connectivity index (χ1v) is 7.74. The van der Waals surface area contributed by atoms with E-state index in [-0.39, 0.29) is 0 Å². The molecule has 5 aromatic rings. The van der Waals surface area contributed by atoms with Gasteiger partial charge in [-0.2, -0.15) is 0 Å². The molecule has 1 heterocycles. The van der Waals surface area contributed by atoms with Gasteiger partial charge in [-0.15, -0.1) is 0 Å². The first-order valence-electron chi connectivity index (χ1n) is 7.74. The number of fused-ring (bicyclic) bond motifs is 6. The lowest BCUT2D eigenvalue weighted by Gasteiger charge is -2.07. The van der Waals surface area contributed by atoms with Crippen LogP contribution in [0.1, 0.15) is 0 Å². The van der Waals surface area contributed by atoms with Gasteiger partial charge >= 0.3 is 7.69 Å². The van der Waals surface area contributed by atoms with Gasteiger partial charge in [0.1, 0.15) is 16.9 Å². The molecule has 0 saturated heterocycles. The Bertz CT molecular complexity index is 1220. The van der Waals surface area contributed by atoms with Crippen molar-refractivity contribution >= 4 is 51.2 Å². The van der Waals surface area contributed by atoms with Crippen LogP contribution >= 0.6 is 0 Å². The molecule has 0 aliphatic rings. The van der Waals surface area contributed by atoms with Crippen LogP contribution in [0.5, 0.6) is 5.75 Å². The Morgan fingerprint density at radius 1 is 0.750 bits per heavy atom. The SMILES string of the molecule is O[B]Oc1cc2c3cc4ccccc4cc3oc2c2ccccc12. The van der Waals surface area contributed by atoms with Crippen LogP contribution in [0.2, 0.25) is 0 Å². The monoisotopic (exact) mass is 311 g/mol. The zero-order chi connectivity index (χ0) is 16.1. The van der Waals surface area contributed by atoms with Gasteiger partial charge in [-0.05, 0) is 29.0 Å². The van der Waals surface area contributed by atoms with Crippen molar-refractivity contribution in [2.75, 3.05) is 0 Å². The molecule has 113 valence electrons. The third kappa shape index (κ3) is 1.84. The Balaban J connectivity index is 1.99. The van der Waals surface area contributed by atoms with E-state index in [1.165, 1.54) is 0 Å². The number of furan rings is 1. The van der Waals surface area contributed by atoms with Gasteiger partial charge in [-0.3, -0.25) is 0 Å². The van der Waals surface area contributed by atoms with Crippen molar-refractivity contribution in [1.29, 1.82) is 0 Å². The normalized spacial score (nSPS) is 11.5. The molecule has 0 aliphatic heterocycles. The molecule has 1 radical (unpaired) electrons. The maximum atomic E-state index is 9.09. The highest BCUT2D eigenvalue weighted by Crippen LogP contribution is 2.40. The summed E-state index contributed by atoms with van der Waals surface area (Å²) in [5, 5.41) is 15.3. The fraction of sp³-hybridized carbons (Fsp3) is 0. The van der Waals surface area contributed by atoms with Crippen LogP contribution in [0, 0.1) is 0 Å². The summed E-state index contributed by atoms with van der Waals surface area (Å²) in [4.78, 5) is 0. The van der Waals surface area contributed by atoms with Gasteiger partial charge in [0.05, 0.1) is 0 Å². The van der Waals surface area contributed by atoms with Gasteiger partial charge in [0.15, 0.2) is 0 Å². The highest BCUT2D eigenvalue weighted by atomic mass is 16.5. The molecule has 0 fully saturated rings. The fourth-order valence-electron chi connectivity index (χ4n) is 3.40. The molecule has 0 aliphatic carbocycles. The molecule has 0 bridgehead atoms. The molecule has 24 heavy (non-hydrogen) atoms. The van der Waals surface area contributed by atoms with Gasteiger partial charge in [0.25, 0.3) is 0 Å². The smallest absolute Gasteiger partial charge is 0.537 e. The zero-order valence-electron chi connectivity index (χ0n) is 12.7. The molecule has 0 amide bonds. The molecule has 0 saturated carbocycles. The Kier molecular flexibility index (Phi) is 2.81. The summed E-state index contributed by atoms with van der Waals surface area (Å²) in [5.74, 6) is 0.608. The maximum Gasteiger partial charge on any atom is 0.569 e. The predicted octanol–water partition coefficient (Wildman–Crippen LogP) is 4.80. The van der Waals surface area contributed by atoms with E-state index in [0.29, 0.717) is 13.4 Å². The summed E-state index contributed by atoms with van der Waals surface area (Å²) in [6.45, 7) is 0. The fourth-order valence-corrected chi connectivity index (χ4v) is 3.40. The number of hydrogen-bond acceptors (Lipinski definition) is 3. The van der Waals surface area contributed by atoms with E-state index in [0.717, 1.165) is 43.5 Å². The topological polar surface area (TPSA) is 42.6 Å². The number of rotatable bonds is 2. The summed E-state index contributed by atoms with van der Waals surface area (Å²) in [5.41, 5.74) is 1.68. The molecular formula is C20H12BO3. The van der Waals surface area contributed by atoms with Crippen LogP contribution in [0.4, 0.5) is 0 Å². The van der Waals surface area contributed by atoms with Crippen LogP contribution in [-0.4, -0.2) is 12.7 Å². The second-order valence-corrected chi connectivity index (χ2v) is 5.82. The van der Waals surface area contributed by atoms with E-state index in [1.807, 2.05) is 42.5 Å². The Morgan fingerprint density at radius 2 is 1.46 bits per heavy atom. The summed E-state index contributed by atoms with van der Waals surface area (Å²) in [6.07, 6.45) is 0. The largest absolute Gasteiger partial charge is 0.569 e. The number of benzene rings is 4. The maximum absolute atomic E-state index is 9.09. The standard InChI is InChI=1S/C20H12BO3/c22-21-24-19-11-17-16-9-12-5-1-2-6-13(12)10-18(16)23-20(17)15-8-4-3-7-14(15)19/h1-11,22H. The quantitative estimate of drug-likeness (QED) is 0.476. The molecule has 4 heteroatoms. The molecule has 1 N–H and O–H groups in total. The first-order chi connectivity index (χ1) is 11.8. The van der Waals surface area contributed by atoms with E-state index in [4.69, 9.17) is 14.1 Å². The molecule has 0 atom stereocenters. The van der Waals surface area contributed by atoms with Gasteiger partial charge in [-0.25, -0.2) is 0 Å². The van der Waals surface area contributed by atoms with Crippen LogP contribution in [0.15, 0.2) is 71.1 Å². The summed E-state index contributed by atoms with van der Waals surface area (Å²) in [7, 11) is 0.714. The van der Waals surface area contributed by atoms with Crippen molar-refractivity contribution < 1.29 is 14.1 Å². The highest BCUT2D eigenvalue weighted by molar-refractivity contribution is 6.21. The summed E-state index contributed by atoms with van der Waals surface area (Å²) >= 11 is 0. The van der Waals surface area contributed by atoms with Crippen molar-refractivity contribution in [2.24, 2.45) is 0 Å². The minimum Gasteiger partial charge on any atom is -0.537 e. The minimum atomic E-state index is 0.608. The molecule has 4 aromatic carbocycles. The molecule has 3 nitrogen and oxygen atoms in total. The summed E-state index contributed by atoms with van der Waals surface area (Å²) in [6, 6.07) is 22.2. The third-order valence-electron chi connectivity index (χ3n) is 4.49. The van der Waals surface area contributed by atoms with E-state index in [2.05, 4.69) is 24.3 Å². The van der Waals surface area contributed by atoms with Crippen molar-refractivity contribution in [3.63, 3.8) is 0 Å². The van der Waals surface area contributed by atoms with Crippen molar-refractivity contribution in [3.8, 4) is 5.75 Å². The van der Waals surface area contributed by atoms with Crippen LogP contribution in [-0.2, 0) is 0 Å². The van der Waals surface area contributed by atoms with Gasteiger partial charge in [0, 0.05) is 21.5 Å². The third-order valence-corrected chi connectivity index (χ3v) is 4.49. The second-order valence-electron chi connectivity index (χ2n) is 5.82. The Labute approximate surface area is 138 Å². The van der Waals surface area contributed by atoms with E-state index < -0.39 is 0 Å². The molecule has 0 unspecified atom stereocenters. The van der Waals surface area contributed by atoms with Crippen LogP contribution < -0.4 is 4.65 Å². The molecule has 5 rings (SSSR count). The van der Waals surface area contributed by atoms with Crippen LogP contribution in [0.3, 0.4) is 0 Å². The van der Waals surface area contributed by atoms with Gasteiger partial charge in [0.2, 0.25) is 0 Å². The van der Waals surface area contributed by atoms with E-state index in [1.54, 1.807) is 0 Å². The van der Waals surface area contributed by atoms with Crippen molar-refractivity contribution in [1.82, 2.24) is 0 Å². The minimum absolute atomic E-state index is 0.608. The van der Waals surface area contributed by atoms with E-state index >= 15 is 0 Å². The van der Waals surface area contributed by atoms with Crippen LogP contribution in [0.25, 0.3) is 43.5 Å². The Morgan fingerprint density at radius 3 is 2.25 bits per heavy atom.